The van der Waals surface area contributed by atoms with Crippen molar-refractivity contribution in [3.63, 3.8) is 0 Å². The Morgan fingerprint density at radius 1 is 1.46 bits per heavy atom. The van der Waals surface area contributed by atoms with Crippen LogP contribution in [0.1, 0.15) is 20.3 Å². The highest BCUT2D eigenvalue weighted by molar-refractivity contribution is 5.85. The Kier molecular flexibility index (Phi) is 5.25. The Morgan fingerprint density at radius 2 is 2.00 bits per heavy atom. The number of hydrogen-bond donors (Lipinski definition) is 3. The SMILES string of the molecule is CC(=O)C(CC(=O)O)NCC(C)O. The summed E-state index contributed by atoms with van der Waals surface area (Å²) < 4.78 is 0. The van der Waals surface area contributed by atoms with Gasteiger partial charge in [-0.3, -0.25) is 9.59 Å². The molecule has 5 heteroatoms. The summed E-state index contributed by atoms with van der Waals surface area (Å²) >= 11 is 0. The van der Waals surface area contributed by atoms with E-state index in [9.17, 15) is 9.59 Å². The van der Waals surface area contributed by atoms with Crippen molar-refractivity contribution in [3.8, 4) is 0 Å². The highest BCUT2D eigenvalue weighted by Crippen LogP contribution is 1.94. The smallest absolute Gasteiger partial charge is 0.305 e. The lowest BCUT2D eigenvalue weighted by molar-refractivity contribution is -0.139. The third-order valence-electron chi connectivity index (χ3n) is 1.53. The van der Waals surface area contributed by atoms with Gasteiger partial charge in [-0.05, 0) is 13.8 Å². The summed E-state index contributed by atoms with van der Waals surface area (Å²) in [5, 5.41) is 20.0. The van der Waals surface area contributed by atoms with Crippen LogP contribution in [0, 0.1) is 0 Å². The van der Waals surface area contributed by atoms with Gasteiger partial charge in [0.15, 0.2) is 0 Å². The van der Waals surface area contributed by atoms with E-state index in [2.05, 4.69) is 5.32 Å². The van der Waals surface area contributed by atoms with E-state index in [1.807, 2.05) is 0 Å². The van der Waals surface area contributed by atoms with Crippen LogP contribution in [0.3, 0.4) is 0 Å². The third-order valence-corrected chi connectivity index (χ3v) is 1.53. The van der Waals surface area contributed by atoms with Gasteiger partial charge in [0.25, 0.3) is 0 Å². The lowest BCUT2D eigenvalue weighted by Gasteiger charge is -2.14. The molecule has 0 rings (SSSR count). The Labute approximate surface area is 76.8 Å². The van der Waals surface area contributed by atoms with Crippen LogP contribution in [0.5, 0.6) is 0 Å². The molecule has 0 aromatic carbocycles. The van der Waals surface area contributed by atoms with Gasteiger partial charge in [0.2, 0.25) is 0 Å². The second kappa shape index (κ2) is 5.66. The van der Waals surface area contributed by atoms with Crippen molar-refractivity contribution >= 4 is 11.8 Å². The highest BCUT2D eigenvalue weighted by atomic mass is 16.4. The molecule has 0 aromatic heterocycles. The standard InChI is InChI=1S/C8H15NO4/c1-5(10)4-9-7(6(2)11)3-8(12)13/h5,7,9-10H,3-4H2,1-2H3,(H,12,13). The zero-order valence-electron chi connectivity index (χ0n) is 7.78. The van der Waals surface area contributed by atoms with Crippen molar-refractivity contribution in [3.05, 3.63) is 0 Å². The lowest BCUT2D eigenvalue weighted by Crippen LogP contribution is -2.40. The molecule has 0 radical (unpaired) electrons. The molecule has 0 saturated heterocycles. The average molecular weight is 189 g/mol. The average Bonchev–Trinajstić information content (AvgIpc) is 1.96. The fraction of sp³-hybridized carbons (Fsp3) is 0.750. The second-order valence-corrected chi connectivity index (χ2v) is 3.02. The van der Waals surface area contributed by atoms with Crippen LogP contribution in [0.15, 0.2) is 0 Å². The number of aliphatic hydroxyl groups is 1. The minimum Gasteiger partial charge on any atom is -0.481 e. The summed E-state index contributed by atoms with van der Waals surface area (Å²) in [6.07, 6.45) is -0.835. The Bertz CT molecular complexity index is 191. The van der Waals surface area contributed by atoms with Crippen LogP contribution in [0.4, 0.5) is 0 Å². The fourth-order valence-electron chi connectivity index (χ4n) is 0.847. The summed E-state index contributed by atoms with van der Waals surface area (Å²) in [4.78, 5) is 21.2. The molecule has 3 N–H and O–H groups in total. The number of carboxylic acid groups (broad SMARTS) is 1. The first-order valence-electron chi connectivity index (χ1n) is 4.07. The molecule has 13 heavy (non-hydrogen) atoms. The van der Waals surface area contributed by atoms with Gasteiger partial charge in [0.05, 0.1) is 18.6 Å². The van der Waals surface area contributed by atoms with Crippen LogP contribution in [-0.4, -0.2) is 40.7 Å². The maximum atomic E-state index is 10.9. The highest BCUT2D eigenvalue weighted by Gasteiger charge is 2.17. The van der Waals surface area contributed by atoms with Gasteiger partial charge >= 0.3 is 5.97 Å². The minimum atomic E-state index is -1.03. The monoisotopic (exact) mass is 189 g/mol. The summed E-state index contributed by atoms with van der Waals surface area (Å²) in [5.74, 6) is -1.26. The van der Waals surface area contributed by atoms with Gasteiger partial charge < -0.3 is 15.5 Å². The van der Waals surface area contributed by atoms with E-state index in [1.54, 1.807) is 6.92 Å². The number of Topliss-reactive ketones (excluding diaryl/α,β-unsaturated/α-hetero) is 1. The molecule has 0 amide bonds. The van der Waals surface area contributed by atoms with E-state index < -0.39 is 18.1 Å². The molecule has 5 nitrogen and oxygen atoms in total. The van der Waals surface area contributed by atoms with Crippen LogP contribution >= 0.6 is 0 Å². The molecular formula is C8H15NO4. The van der Waals surface area contributed by atoms with Gasteiger partial charge in [0, 0.05) is 6.54 Å². The van der Waals surface area contributed by atoms with Crippen molar-refractivity contribution in [2.45, 2.75) is 32.4 Å². The quantitative estimate of drug-likeness (QED) is 0.519. The van der Waals surface area contributed by atoms with E-state index in [0.717, 1.165) is 0 Å². The Morgan fingerprint density at radius 3 is 2.31 bits per heavy atom. The molecule has 76 valence electrons. The van der Waals surface area contributed by atoms with Crippen molar-refractivity contribution in [1.82, 2.24) is 5.32 Å². The molecule has 0 aliphatic heterocycles. The number of carboxylic acids is 1. The molecule has 0 saturated carbocycles. The first-order chi connectivity index (χ1) is 5.93. The van der Waals surface area contributed by atoms with Crippen LogP contribution < -0.4 is 5.32 Å². The molecule has 2 unspecified atom stereocenters. The summed E-state index contributed by atoms with van der Waals surface area (Å²) in [6, 6.07) is -0.702. The predicted octanol–water partition coefficient (Wildman–Crippen LogP) is -0.611. The number of aliphatic carboxylic acids is 1. The summed E-state index contributed by atoms with van der Waals surface area (Å²) in [5.41, 5.74) is 0. The number of ketones is 1. The van der Waals surface area contributed by atoms with E-state index in [4.69, 9.17) is 10.2 Å². The van der Waals surface area contributed by atoms with Crippen molar-refractivity contribution in [2.75, 3.05) is 6.54 Å². The van der Waals surface area contributed by atoms with Gasteiger partial charge in [-0.25, -0.2) is 0 Å². The lowest BCUT2D eigenvalue weighted by atomic mass is 10.1. The largest absolute Gasteiger partial charge is 0.481 e. The van der Waals surface area contributed by atoms with Crippen LogP contribution in [0.25, 0.3) is 0 Å². The number of hydrogen-bond acceptors (Lipinski definition) is 4. The Hall–Kier alpha value is -0.940. The fourth-order valence-corrected chi connectivity index (χ4v) is 0.847. The topological polar surface area (TPSA) is 86.6 Å². The third kappa shape index (κ3) is 6.24. The van der Waals surface area contributed by atoms with E-state index in [1.165, 1.54) is 6.92 Å². The maximum absolute atomic E-state index is 10.9. The van der Waals surface area contributed by atoms with Crippen LogP contribution in [0.2, 0.25) is 0 Å². The molecule has 0 bridgehead atoms. The molecule has 2 atom stereocenters. The van der Waals surface area contributed by atoms with E-state index in [-0.39, 0.29) is 18.7 Å². The molecule has 0 aliphatic carbocycles. The predicted molar refractivity (Wildman–Crippen MR) is 46.4 cm³/mol. The van der Waals surface area contributed by atoms with Gasteiger partial charge in [-0.15, -0.1) is 0 Å². The van der Waals surface area contributed by atoms with Gasteiger partial charge in [0.1, 0.15) is 5.78 Å². The summed E-state index contributed by atoms with van der Waals surface area (Å²) in [7, 11) is 0. The maximum Gasteiger partial charge on any atom is 0.305 e. The first kappa shape index (κ1) is 12.1. The number of nitrogens with one attached hydrogen (secondary N) is 1. The normalized spacial score (nSPS) is 15.0. The van der Waals surface area contributed by atoms with E-state index >= 15 is 0 Å². The molecular weight excluding hydrogens is 174 g/mol. The number of rotatable bonds is 6. The number of carbonyl (C=O) groups is 2. The zero-order chi connectivity index (χ0) is 10.4. The number of carbonyl (C=O) groups excluding carboxylic acids is 1. The van der Waals surface area contributed by atoms with Gasteiger partial charge in [-0.1, -0.05) is 0 Å². The molecule has 0 heterocycles. The zero-order valence-corrected chi connectivity index (χ0v) is 7.78. The number of aliphatic hydroxyl groups excluding tert-OH is 1. The van der Waals surface area contributed by atoms with Gasteiger partial charge in [-0.2, -0.15) is 0 Å². The van der Waals surface area contributed by atoms with Crippen molar-refractivity contribution in [2.24, 2.45) is 0 Å². The van der Waals surface area contributed by atoms with Crippen LogP contribution in [-0.2, 0) is 9.59 Å². The van der Waals surface area contributed by atoms with E-state index in [0.29, 0.717) is 0 Å². The van der Waals surface area contributed by atoms with Crippen molar-refractivity contribution in [1.29, 1.82) is 0 Å². The Balaban J connectivity index is 3.95. The molecule has 0 spiro atoms. The molecule has 0 fully saturated rings. The van der Waals surface area contributed by atoms with Crippen molar-refractivity contribution < 1.29 is 19.8 Å². The first-order valence-corrected chi connectivity index (χ1v) is 4.07. The minimum absolute atomic E-state index is 0.220. The molecule has 0 aromatic rings. The molecule has 0 aliphatic rings. The summed E-state index contributed by atoms with van der Waals surface area (Å²) in [6.45, 7) is 3.10. The second-order valence-electron chi connectivity index (χ2n) is 3.02.